The van der Waals surface area contributed by atoms with Crippen LogP contribution < -0.4 is 0 Å². The molecule has 0 aliphatic rings. The Labute approximate surface area is 561 Å². The van der Waals surface area contributed by atoms with Gasteiger partial charge >= 0.3 is 0 Å². The van der Waals surface area contributed by atoms with Crippen LogP contribution in [0.15, 0.2) is 303 Å². The summed E-state index contributed by atoms with van der Waals surface area (Å²) in [6.07, 6.45) is 0. The minimum Gasteiger partial charge on any atom is -0.309 e. The summed E-state index contributed by atoms with van der Waals surface area (Å²) in [4.78, 5) is 16.5. The Hall–Kier alpha value is -11.9. The van der Waals surface area contributed by atoms with Crippen LogP contribution in [-0.2, 0) is 0 Å². The van der Waals surface area contributed by atoms with Gasteiger partial charge in [0.1, 0.15) is 0 Å². The van der Waals surface area contributed by atoms with Gasteiger partial charge in [0, 0.05) is 115 Å². The summed E-state index contributed by atoms with van der Waals surface area (Å²) in [6.45, 7) is 0. The van der Waals surface area contributed by atoms with Gasteiger partial charge in [0.05, 0.1) is 33.1 Å². The van der Waals surface area contributed by atoms with E-state index in [4.69, 9.17) is 15.0 Å². The molecule has 14 aromatic carbocycles. The summed E-state index contributed by atoms with van der Waals surface area (Å²) in [5.41, 5.74) is 17.5. The van der Waals surface area contributed by atoms with Crippen molar-refractivity contribution in [2.45, 2.75) is 0 Å². The van der Waals surface area contributed by atoms with Gasteiger partial charge in [-0.15, -0.1) is 34.0 Å². The van der Waals surface area contributed by atoms with E-state index in [1.54, 1.807) is 0 Å². The molecule has 0 N–H and O–H groups in total. The molecule has 0 aliphatic carbocycles. The molecule has 446 valence electrons. The van der Waals surface area contributed by atoms with Crippen molar-refractivity contribution in [3.63, 3.8) is 0 Å². The van der Waals surface area contributed by atoms with E-state index in [-0.39, 0.29) is 0 Å². The summed E-state index contributed by atoms with van der Waals surface area (Å²) >= 11 is 5.57. The molecule has 0 atom stereocenters. The summed E-state index contributed by atoms with van der Waals surface area (Å²) in [5, 5.41) is 14.9. The fourth-order valence-corrected chi connectivity index (χ4v) is 18.6. The molecule has 7 aromatic heterocycles. The van der Waals surface area contributed by atoms with E-state index in [1.165, 1.54) is 110 Å². The van der Waals surface area contributed by atoms with Crippen molar-refractivity contribution >= 4 is 160 Å². The molecule has 0 radical (unpaired) electrons. The van der Waals surface area contributed by atoms with Crippen molar-refractivity contribution in [3.05, 3.63) is 303 Å². The minimum absolute atomic E-state index is 0.540. The second-order valence-corrected chi connectivity index (χ2v) is 28.3. The Balaban J connectivity index is 0.705. The molecule has 0 aliphatic heterocycles. The van der Waals surface area contributed by atoms with E-state index in [0.29, 0.717) is 17.6 Å². The third-order valence-corrected chi connectivity index (χ3v) is 23.1. The number of aromatic nitrogens is 6. The van der Waals surface area contributed by atoms with Gasteiger partial charge in [-0.2, -0.15) is 9.97 Å². The largest absolute Gasteiger partial charge is 0.309 e. The molecule has 0 spiro atoms. The monoisotopic (exact) mass is 1270 g/mol. The molecule has 7 heterocycles. The van der Waals surface area contributed by atoms with Crippen molar-refractivity contribution in [2.75, 3.05) is 0 Å². The van der Waals surface area contributed by atoms with Crippen LogP contribution in [0.25, 0.3) is 199 Å². The molecule has 0 saturated carbocycles. The molecule has 0 bridgehead atoms. The number of thiophene rings is 3. The van der Waals surface area contributed by atoms with Crippen LogP contribution in [0, 0.1) is 0 Å². The van der Waals surface area contributed by atoms with Gasteiger partial charge in [-0.05, 0) is 161 Å². The Kier molecular flexibility index (Phi) is 11.6. The second-order valence-electron chi connectivity index (χ2n) is 25.1. The predicted octanol–water partition coefficient (Wildman–Crippen LogP) is 24.6. The van der Waals surface area contributed by atoms with Crippen LogP contribution in [0.5, 0.6) is 0 Å². The highest BCUT2D eigenvalue weighted by Crippen LogP contribution is 2.44. The number of benzene rings is 14. The molecule has 21 aromatic rings. The third kappa shape index (κ3) is 8.25. The van der Waals surface area contributed by atoms with Crippen LogP contribution >= 0.6 is 34.0 Å². The standard InChI is InChI=1S/C87H50N6S3/c1-7-22-73-61(16-1)70-45-52(55-30-38-67-64-19-4-10-25-79(64)94-82(67)48-55)33-41-76(70)91(73)59-36-28-51(29-37-59)85-88-86(90-87(89-85)93-75-24-9-3-18-63(75)72-47-54(35-43-78(72)93)57-32-40-69-66-21-6-12-27-81(66)96-84(69)50-57)58-14-13-15-60(44-58)92-74-23-8-2-17-62(74)71-46-53(34-42-77(71)92)56-31-39-68-65-20-5-11-26-80(65)95-83(68)49-56/h1-50H. The quantitative estimate of drug-likeness (QED) is 0.152. The Morgan fingerprint density at radius 3 is 0.979 bits per heavy atom. The fourth-order valence-electron chi connectivity index (χ4n) is 15.2. The minimum atomic E-state index is 0.540. The van der Waals surface area contributed by atoms with Crippen molar-refractivity contribution < 1.29 is 0 Å². The number of fused-ring (bicyclic) bond motifs is 18. The normalized spacial score (nSPS) is 12.2. The molecule has 0 fully saturated rings. The third-order valence-electron chi connectivity index (χ3n) is 19.7. The number of rotatable bonds is 8. The van der Waals surface area contributed by atoms with E-state index >= 15 is 0 Å². The summed E-state index contributed by atoms with van der Waals surface area (Å²) < 4.78 is 14.8. The lowest BCUT2D eigenvalue weighted by atomic mass is 10.0. The van der Waals surface area contributed by atoms with Gasteiger partial charge in [0.15, 0.2) is 11.6 Å². The van der Waals surface area contributed by atoms with E-state index in [2.05, 4.69) is 317 Å². The molecular weight excluding hydrogens is 1230 g/mol. The SMILES string of the molecule is c1cc(-c2nc(-c3ccc(-n4c5ccccc5c5cc(-c6ccc7c(c6)sc6ccccc67)ccc54)cc3)nc(-n3c4ccccc4c4cc(-c5ccc6c(c5)sc5ccccc56)ccc43)n2)cc(-n2c3ccccc3c3cc(-c4ccc5c(c4)sc4ccccc45)ccc32)c1. The maximum absolute atomic E-state index is 5.55. The second kappa shape index (κ2) is 20.8. The zero-order valence-corrected chi connectivity index (χ0v) is 53.7. The van der Waals surface area contributed by atoms with Crippen molar-refractivity contribution in [1.82, 2.24) is 28.7 Å². The Morgan fingerprint density at radius 1 is 0.188 bits per heavy atom. The van der Waals surface area contributed by atoms with Gasteiger partial charge < -0.3 is 9.13 Å². The zero-order valence-electron chi connectivity index (χ0n) is 51.3. The van der Waals surface area contributed by atoms with E-state index in [9.17, 15) is 0 Å². The predicted molar refractivity (Wildman–Crippen MR) is 409 cm³/mol. The highest BCUT2D eigenvalue weighted by Gasteiger charge is 2.22. The van der Waals surface area contributed by atoms with Crippen molar-refractivity contribution in [1.29, 1.82) is 0 Å². The van der Waals surface area contributed by atoms with Gasteiger partial charge in [0.2, 0.25) is 5.95 Å². The Morgan fingerprint density at radius 2 is 0.521 bits per heavy atom. The summed E-state index contributed by atoms with van der Waals surface area (Å²) in [5.74, 6) is 1.69. The van der Waals surface area contributed by atoms with Crippen LogP contribution in [0.1, 0.15) is 0 Å². The molecule has 6 nitrogen and oxygen atoms in total. The molecule has 0 amide bonds. The highest BCUT2D eigenvalue weighted by molar-refractivity contribution is 7.26. The van der Waals surface area contributed by atoms with Crippen LogP contribution in [0.3, 0.4) is 0 Å². The lowest BCUT2D eigenvalue weighted by Gasteiger charge is -2.13. The molecular formula is C87H50N6S3. The Bertz CT molecular complexity index is 6850. The number of para-hydroxylation sites is 3. The highest BCUT2D eigenvalue weighted by atomic mass is 32.1. The van der Waals surface area contributed by atoms with Crippen molar-refractivity contribution in [3.8, 4) is 73.5 Å². The average Bonchev–Trinajstić information content (AvgIpc) is 1.59. The van der Waals surface area contributed by atoms with Gasteiger partial charge in [-0.25, -0.2) is 4.98 Å². The first-order valence-electron chi connectivity index (χ1n) is 32.4. The number of hydrogen-bond donors (Lipinski definition) is 0. The smallest absolute Gasteiger partial charge is 0.238 e. The number of nitrogens with zero attached hydrogens (tertiary/aromatic N) is 6. The molecule has 0 unspecified atom stereocenters. The van der Waals surface area contributed by atoms with Crippen molar-refractivity contribution in [2.24, 2.45) is 0 Å². The lowest BCUT2D eigenvalue weighted by molar-refractivity contribution is 0.953. The lowest BCUT2D eigenvalue weighted by Crippen LogP contribution is -2.06. The van der Waals surface area contributed by atoms with E-state index in [1.807, 2.05) is 34.0 Å². The maximum Gasteiger partial charge on any atom is 0.238 e. The van der Waals surface area contributed by atoms with Gasteiger partial charge in [-0.1, -0.05) is 176 Å². The van der Waals surface area contributed by atoms with Gasteiger partial charge in [-0.3, -0.25) is 4.57 Å². The maximum atomic E-state index is 5.55. The number of hydrogen-bond acceptors (Lipinski definition) is 6. The summed E-state index contributed by atoms with van der Waals surface area (Å²) in [6, 6.07) is 111. The fraction of sp³-hybridized carbons (Fsp3) is 0. The van der Waals surface area contributed by atoms with Crippen LogP contribution in [0.2, 0.25) is 0 Å². The molecule has 21 rings (SSSR count). The van der Waals surface area contributed by atoms with Gasteiger partial charge in [0.25, 0.3) is 0 Å². The topological polar surface area (TPSA) is 53.5 Å². The van der Waals surface area contributed by atoms with Crippen LogP contribution in [0.4, 0.5) is 0 Å². The molecule has 9 heteroatoms. The molecule has 0 saturated heterocycles. The first-order valence-corrected chi connectivity index (χ1v) is 34.8. The first kappa shape index (κ1) is 53.6. The van der Waals surface area contributed by atoms with E-state index < -0.39 is 0 Å². The summed E-state index contributed by atoms with van der Waals surface area (Å²) in [7, 11) is 0. The average molecular weight is 1280 g/mol. The first-order chi connectivity index (χ1) is 47.5. The zero-order chi connectivity index (χ0) is 62.7. The molecule has 96 heavy (non-hydrogen) atoms. The van der Waals surface area contributed by atoms with Crippen LogP contribution in [-0.4, -0.2) is 28.7 Å². The van der Waals surface area contributed by atoms with E-state index in [0.717, 1.165) is 71.9 Å².